The maximum atomic E-state index is 5.97. The Labute approximate surface area is 113 Å². The fourth-order valence-electron chi connectivity index (χ4n) is 2.65. The molecule has 0 atom stereocenters. The van der Waals surface area contributed by atoms with Gasteiger partial charge in [-0.05, 0) is 42.7 Å². The van der Waals surface area contributed by atoms with E-state index < -0.39 is 0 Å². The van der Waals surface area contributed by atoms with E-state index in [4.69, 9.17) is 5.73 Å². The molecule has 2 nitrogen and oxygen atoms in total. The summed E-state index contributed by atoms with van der Waals surface area (Å²) in [5.41, 5.74) is 13.5. The number of pyridine rings is 1. The van der Waals surface area contributed by atoms with Crippen LogP contribution in [0.15, 0.2) is 48.8 Å². The molecule has 2 aromatic heterocycles. The Balaban J connectivity index is 2.33. The maximum absolute atomic E-state index is 5.97. The van der Waals surface area contributed by atoms with Crippen LogP contribution in [0.5, 0.6) is 0 Å². The van der Waals surface area contributed by atoms with Crippen molar-refractivity contribution in [2.45, 2.75) is 20.4 Å². The van der Waals surface area contributed by atoms with Gasteiger partial charge in [-0.2, -0.15) is 0 Å². The highest BCUT2D eigenvalue weighted by Crippen LogP contribution is 2.31. The molecule has 1 aromatic carbocycles. The third-order valence-electron chi connectivity index (χ3n) is 3.68. The highest BCUT2D eigenvalue weighted by Gasteiger charge is 2.12. The molecular formula is C17H18N2. The molecule has 0 bridgehead atoms. The summed E-state index contributed by atoms with van der Waals surface area (Å²) in [6.45, 7) is 4.83. The average molecular weight is 250 g/mol. The second kappa shape index (κ2) is 4.56. The van der Waals surface area contributed by atoms with Gasteiger partial charge in [-0.3, -0.25) is 0 Å². The molecule has 3 aromatic rings. The van der Waals surface area contributed by atoms with E-state index in [9.17, 15) is 0 Å². The minimum absolute atomic E-state index is 0.559. The lowest BCUT2D eigenvalue weighted by molar-refractivity contribution is 1.08. The molecule has 0 saturated heterocycles. The summed E-state index contributed by atoms with van der Waals surface area (Å²) in [5.74, 6) is 0. The topological polar surface area (TPSA) is 30.4 Å². The first-order valence-corrected chi connectivity index (χ1v) is 6.57. The van der Waals surface area contributed by atoms with Gasteiger partial charge in [0.25, 0.3) is 0 Å². The molecule has 3 rings (SSSR count). The van der Waals surface area contributed by atoms with E-state index in [0.717, 1.165) is 0 Å². The lowest BCUT2D eigenvalue weighted by Gasteiger charge is -2.07. The highest BCUT2D eigenvalue weighted by molar-refractivity contribution is 5.78. The lowest BCUT2D eigenvalue weighted by Crippen LogP contribution is -1.98. The third-order valence-corrected chi connectivity index (χ3v) is 3.68. The molecule has 96 valence electrons. The van der Waals surface area contributed by atoms with Crippen molar-refractivity contribution < 1.29 is 0 Å². The number of hydrogen-bond acceptors (Lipinski definition) is 1. The van der Waals surface area contributed by atoms with E-state index in [-0.39, 0.29) is 0 Å². The standard InChI is InChI=1S/C17H18N2/c1-12-6-7-13(2)14(9-12)16-11-19-8-4-3-5-17(19)15(16)10-18/h3-9,11H,10,18H2,1-2H3. The van der Waals surface area contributed by atoms with Gasteiger partial charge in [-0.15, -0.1) is 0 Å². The zero-order valence-corrected chi connectivity index (χ0v) is 11.4. The van der Waals surface area contributed by atoms with Crippen molar-refractivity contribution in [1.82, 2.24) is 4.40 Å². The van der Waals surface area contributed by atoms with Gasteiger partial charge in [0.1, 0.15) is 0 Å². The van der Waals surface area contributed by atoms with Crippen molar-refractivity contribution in [3.05, 3.63) is 65.5 Å². The van der Waals surface area contributed by atoms with Crippen molar-refractivity contribution in [2.75, 3.05) is 0 Å². The zero-order valence-electron chi connectivity index (χ0n) is 11.4. The first-order chi connectivity index (χ1) is 9.20. The molecule has 0 aliphatic rings. The van der Waals surface area contributed by atoms with E-state index in [2.05, 4.69) is 61.0 Å². The summed E-state index contributed by atoms with van der Waals surface area (Å²) in [5, 5.41) is 0. The molecule has 2 heterocycles. The van der Waals surface area contributed by atoms with Crippen LogP contribution in [-0.4, -0.2) is 4.40 Å². The summed E-state index contributed by atoms with van der Waals surface area (Å²) < 4.78 is 2.15. The smallest absolute Gasteiger partial charge is 0.0501 e. The Bertz CT molecular complexity index is 738. The van der Waals surface area contributed by atoms with Crippen molar-refractivity contribution >= 4 is 5.52 Å². The molecule has 0 saturated carbocycles. The van der Waals surface area contributed by atoms with E-state index in [0.29, 0.717) is 6.54 Å². The van der Waals surface area contributed by atoms with Gasteiger partial charge in [-0.25, -0.2) is 0 Å². The summed E-state index contributed by atoms with van der Waals surface area (Å²) in [6, 6.07) is 12.8. The minimum Gasteiger partial charge on any atom is -0.326 e. The second-order valence-electron chi connectivity index (χ2n) is 5.04. The summed E-state index contributed by atoms with van der Waals surface area (Å²) >= 11 is 0. The number of hydrogen-bond donors (Lipinski definition) is 1. The fraction of sp³-hybridized carbons (Fsp3) is 0.176. The van der Waals surface area contributed by atoms with Crippen LogP contribution in [0.25, 0.3) is 16.6 Å². The first kappa shape index (κ1) is 12.0. The summed E-state index contributed by atoms with van der Waals surface area (Å²) in [7, 11) is 0. The molecule has 2 N–H and O–H groups in total. The predicted molar refractivity (Wildman–Crippen MR) is 80.2 cm³/mol. The van der Waals surface area contributed by atoms with Crippen LogP contribution < -0.4 is 5.73 Å². The molecular weight excluding hydrogens is 232 g/mol. The number of benzene rings is 1. The van der Waals surface area contributed by atoms with E-state index in [1.807, 2.05) is 6.07 Å². The number of fused-ring (bicyclic) bond motifs is 1. The van der Waals surface area contributed by atoms with Crippen LogP contribution >= 0.6 is 0 Å². The molecule has 0 fully saturated rings. The Morgan fingerprint density at radius 3 is 2.68 bits per heavy atom. The molecule has 0 unspecified atom stereocenters. The number of aromatic nitrogens is 1. The second-order valence-corrected chi connectivity index (χ2v) is 5.04. The van der Waals surface area contributed by atoms with Crippen LogP contribution in [-0.2, 0) is 6.54 Å². The monoisotopic (exact) mass is 250 g/mol. The van der Waals surface area contributed by atoms with Crippen LogP contribution in [0, 0.1) is 13.8 Å². The Morgan fingerprint density at radius 2 is 1.89 bits per heavy atom. The zero-order chi connectivity index (χ0) is 13.4. The average Bonchev–Trinajstić information content (AvgIpc) is 2.79. The van der Waals surface area contributed by atoms with Crippen molar-refractivity contribution in [3.63, 3.8) is 0 Å². The van der Waals surface area contributed by atoms with Crippen LogP contribution in [0.3, 0.4) is 0 Å². The molecule has 0 aliphatic heterocycles. The summed E-state index contributed by atoms with van der Waals surface area (Å²) in [6.07, 6.45) is 4.25. The number of aryl methyl sites for hydroxylation is 2. The van der Waals surface area contributed by atoms with E-state index in [1.54, 1.807) is 0 Å². The van der Waals surface area contributed by atoms with Crippen molar-refractivity contribution in [1.29, 1.82) is 0 Å². The molecule has 0 radical (unpaired) electrons. The Kier molecular flexibility index (Phi) is 2.88. The lowest BCUT2D eigenvalue weighted by atomic mass is 9.97. The SMILES string of the molecule is Cc1ccc(C)c(-c2cn3ccccc3c2CN)c1. The number of nitrogens with two attached hydrogens (primary N) is 1. The van der Waals surface area contributed by atoms with Crippen molar-refractivity contribution in [2.24, 2.45) is 5.73 Å². The van der Waals surface area contributed by atoms with Gasteiger partial charge >= 0.3 is 0 Å². The van der Waals surface area contributed by atoms with E-state index in [1.165, 1.54) is 33.3 Å². The Morgan fingerprint density at radius 1 is 1.05 bits per heavy atom. The minimum atomic E-state index is 0.559. The predicted octanol–water partition coefficient (Wildman–Crippen LogP) is 3.68. The summed E-state index contributed by atoms with van der Waals surface area (Å²) in [4.78, 5) is 0. The normalized spacial score (nSPS) is 11.1. The first-order valence-electron chi connectivity index (χ1n) is 6.57. The quantitative estimate of drug-likeness (QED) is 0.739. The van der Waals surface area contributed by atoms with Crippen LogP contribution in [0.4, 0.5) is 0 Å². The third kappa shape index (κ3) is 1.94. The maximum Gasteiger partial charge on any atom is 0.0501 e. The van der Waals surface area contributed by atoms with Gasteiger partial charge in [0.2, 0.25) is 0 Å². The highest BCUT2D eigenvalue weighted by atomic mass is 14.9. The molecule has 0 aliphatic carbocycles. The molecule has 19 heavy (non-hydrogen) atoms. The fourth-order valence-corrected chi connectivity index (χ4v) is 2.65. The van der Waals surface area contributed by atoms with Gasteiger partial charge in [0.05, 0.1) is 5.52 Å². The van der Waals surface area contributed by atoms with Crippen molar-refractivity contribution in [3.8, 4) is 11.1 Å². The Hall–Kier alpha value is -2.06. The van der Waals surface area contributed by atoms with Gasteiger partial charge in [0.15, 0.2) is 0 Å². The van der Waals surface area contributed by atoms with Crippen LogP contribution in [0.2, 0.25) is 0 Å². The van der Waals surface area contributed by atoms with Gasteiger partial charge in [-0.1, -0.05) is 29.8 Å². The van der Waals surface area contributed by atoms with Gasteiger partial charge in [0, 0.05) is 24.5 Å². The number of nitrogens with zero attached hydrogens (tertiary/aromatic N) is 1. The van der Waals surface area contributed by atoms with E-state index >= 15 is 0 Å². The number of rotatable bonds is 2. The molecule has 0 spiro atoms. The molecule has 0 amide bonds. The van der Waals surface area contributed by atoms with Crippen LogP contribution in [0.1, 0.15) is 16.7 Å². The molecule has 2 heteroatoms. The largest absolute Gasteiger partial charge is 0.326 e. The van der Waals surface area contributed by atoms with Gasteiger partial charge < -0.3 is 10.1 Å².